The number of para-hydroxylation sites is 2. The van der Waals surface area contributed by atoms with Gasteiger partial charge in [0.1, 0.15) is 11.5 Å². The van der Waals surface area contributed by atoms with Crippen LogP contribution >= 0.6 is 0 Å². The zero-order valence-corrected chi connectivity index (χ0v) is 15.9. The van der Waals surface area contributed by atoms with Gasteiger partial charge in [0.25, 0.3) is 5.91 Å². The molecule has 1 aromatic heterocycles. The van der Waals surface area contributed by atoms with E-state index in [4.69, 9.17) is 4.42 Å². The molecular formula is C22H23N3O3. The molecule has 6 nitrogen and oxygen atoms in total. The molecule has 0 atom stereocenters. The Morgan fingerprint density at radius 3 is 2.36 bits per heavy atom. The van der Waals surface area contributed by atoms with Gasteiger partial charge in [-0.2, -0.15) is 0 Å². The highest BCUT2D eigenvalue weighted by Crippen LogP contribution is 2.17. The minimum absolute atomic E-state index is 0.175. The van der Waals surface area contributed by atoms with Gasteiger partial charge in [-0.1, -0.05) is 30.3 Å². The van der Waals surface area contributed by atoms with Gasteiger partial charge in [0.2, 0.25) is 5.91 Å². The number of furan rings is 1. The van der Waals surface area contributed by atoms with Crippen LogP contribution in [0.5, 0.6) is 0 Å². The Morgan fingerprint density at radius 1 is 0.929 bits per heavy atom. The Kier molecular flexibility index (Phi) is 6.24. The van der Waals surface area contributed by atoms with Gasteiger partial charge in [0.15, 0.2) is 0 Å². The number of hydrogen-bond acceptors (Lipinski definition) is 4. The number of nitrogens with one attached hydrogen (secondary N) is 2. The fourth-order valence-electron chi connectivity index (χ4n) is 2.84. The highest BCUT2D eigenvalue weighted by Gasteiger charge is 2.15. The first kappa shape index (κ1) is 19.4. The molecule has 3 aromatic rings. The number of amides is 2. The third kappa shape index (κ3) is 5.31. The summed E-state index contributed by atoms with van der Waals surface area (Å²) in [4.78, 5) is 26.9. The maximum absolute atomic E-state index is 12.6. The lowest BCUT2D eigenvalue weighted by Gasteiger charge is -2.16. The van der Waals surface area contributed by atoms with Crippen LogP contribution in [0.1, 0.15) is 21.9 Å². The smallest absolute Gasteiger partial charge is 0.257 e. The van der Waals surface area contributed by atoms with Crippen molar-refractivity contribution in [3.05, 3.63) is 83.8 Å². The molecule has 0 unspecified atom stereocenters. The van der Waals surface area contributed by atoms with E-state index in [1.807, 2.05) is 61.3 Å². The monoisotopic (exact) mass is 377 g/mol. The van der Waals surface area contributed by atoms with E-state index in [9.17, 15) is 9.59 Å². The van der Waals surface area contributed by atoms with E-state index in [1.165, 1.54) is 0 Å². The Labute approximate surface area is 164 Å². The van der Waals surface area contributed by atoms with E-state index in [0.29, 0.717) is 23.5 Å². The molecule has 2 amide bonds. The lowest BCUT2D eigenvalue weighted by atomic mass is 10.1. The summed E-state index contributed by atoms with van der Waals surface area (Å²) in [7, 11) is 1.84. The molecule has 1 heterocycles. The van der Waals surface area contributed by atoms with Gasteiger partial charge in [-0.3, -0.25) is 14.5 Å². The third-order valence-corrected chi connectivity index (χ3v) is 4.11. The van der Waals surface area contributed by atoms with Gasteiger partial charge in [-0.25, -0.2) is 0 Å². The minimum atomic E-state index is -0.276. The average molecular weight is 377 g/mol. The van der Waals surface area contributed by atoms with Gasteiger partial charge < -0.3 is 15.1 Å². The largest absolute Gasteiger partial charge is 0.465 e. The molecular weight excluding hydrogens is 354 g/mol. The lowest BCUT2D eigenvalue weighted by molar-refractivity contribution is -0.117. The zero-order chi connectivity index (χ0) is 19.9. The van der Waals surface area contributed by atoms with Crippen LogP contribution in [0.15, 0.2) is 71.1 Å². The van der Waals surface area contributed by atoms with Crippen LogP contribution in [-0.2, 0) is 11.3 Å². The number of nitrogens with zero attached hydrogens (tertiary/aromatic N) is 1. The third-order valence-electron chi connectivity index (χ3n) is 4.11. The SMILES string of the molecule is Cc1ccc(CN(C)CC(=O)Nc2ccccc2C(=O)Nc2ccccc2)o1. The number of anilines is 2. The molecule has 0 saturated carbocycles. The molecule has 2 N–H and O–H groups in total. The van der Waals surface area contributed by atoms with Gasteiger partial charge in [-0.05, 0) is 50.4 Å². The van der Waals surface area contributed by atoms with Crippen molar-refractivity contribution in [1.29, 1.82) is 0 Å². The van der Waals surface area contributed by atoms with Crippen molar-refractivity contribution in [1.82, 2.24) is 4.90 Å². The second-order valence-corrected chi connectivity index (χ2v) is 6.60. The number of likely N-dealkylation sites (N-methyl/N-ethyl adjacent to an activating group) is 1. The first-order valence-corrected chi connectivity index (χ1v) is 9.00. The average Bonchev–Trinajstić information content (AvgIpc) is 3.07. The Morgan fingerprint density at radius 2 is 1.64 bits per heavy atom. The van der Waals surface area contributed by atoms with Crippen molar-refractivity contribution < 1.29 is 14.0 Å². The number of carbonyl (C=O) groups excluding carboxylic acids is 2. The summed E-state index contributed by atoms with van der Waals surface area (Å²) in [5, 5.41) is 5.66. The molecule has 0 spiro atoms. The second-order valence-electron chi connectivity index (χ2n) is 6.60. The van der Waals surface area contributed by atoms with E-state index in [2.05, 4.69) is 10.6 Å². The fraction of sp³-hybridized carbons (Fsp3) is 0.182. The number of rotatable bonds is 7. The number of benzene rings is 2. The summed E-state index contributed by atoms with van der Waals surface area (Å²) in [5.41, 5.74) is 1.58. The van der Waals surface area contributed by atoms with E-state index in [1.54, 1.807) is 24.3 Å². The molecule has 3 rings (SSSR count). The van der Waals surface area contributed by atoms with Crippen LogP contribution in [0.3, 0.4) is 0 Å². The number of aryl methyl sites for hydroxylation is 1. The van der Waals surface area contributed by atoms with Crippen LogP contribution in [0.4, 0.5) is 11.4 Å². The maximum atomic E-state index is 12.6. The molecule has 0 aliphatic heterocycles. The maximum Gasteiger partial charge on any atom is 0.257 e. The van der Waals surface area contributed by atoms with Crippen LogP contribution in [0.25, 0.3) is 0 Å². The number of carbonyl (C=O) groups is 2. The topological polar surface area (TPSA) is 74.6 Å². The molecule has 144 valence electrons. The van der Waals surface area contributed by atoms with Crippen molar-refractivity contribution in [3.8, 4) is 0 Å². The fourth-order valence-corrected chi connectivity index (χ4v) is 2.84. The normalized spacial score (nSPS) is 10.7. The highest BCUT2D eigenvalue weighted by atomic mass is 16.3. The molecule has 0 aliphatic rings. The van der Waals surface area contributed by atoms with E-state index in [0.717, 1.165) is 11.5 Å². The quantitative estimate of drug-likeness (QED) is 0.655. The molecule has 0 bridgehead atoms. The summed E-state index contributed by atoms with van der Waals surface area (Å²) in [5.74, 6) is 1.16. The number of hydrogen-bond donors (Lipinski definition) is 2. The van der Waals surface area contributed by atoms with Gasteiger partial charge >= 0.3 is 0 Å². The molecule has 0 saturated heterocycles. The summed E-state index contributed by atoms with van der Waals surface area (Å²) in [6.45, 7) is 2.58. The van der Waals surface area contributed by atoms with Gasteiger partial charge in [-0.15, -0.1) is 0 Å². The molecule has 0 aliphatic carbocycles. The summed E-state index contributed by atoms with van der Waals surface area (Å²) >= 11 is 0. The summed E-state index contributed by atoms with van der Waals surface area (Å²) < 4.78 is 5.53. The molecule has 0 radical (unpaired) electrons. The van der Waals surface area contributed by atoms with Crippen molar-refractivity contribution >= 4 is 23.2 Å². The van der Waals surface area contributed by atoms with E-state index >= 15 is 0 Å². The van der Waals surface area contributed by atoms with Crippen molar-refractivity contribution in [2.24, 2.45) is 0 Å². The summed E-state index contributed by atoms with van der Waals surface area (Å²) in [6.07, 6.45) is 0. The molecule has 28 heavy (non-hydrogen) atoms. The van der Waals surface area contributed by atoms with Crippen molar-refractivity contribution in [2.75, 3.05) is 24.2 Å². The minimum Gasteiger partial charge on any atom is -0.465 e. The van der Waals surface area contributed by atoms with Crippen LogP contribution in [0.2, 0.25) is 0 Å². The first-order valence-electron chi connectivity index (χ1n) is 9.00. The van der Waals surface area contributed by atoms with Crippen LogP contribution < -0.4 is 10.6 Å². The molecule has 6 heteroatoms. The molecule has 0 fully saturated rings. The Hall–Kier alpha value is -3.38. The second kappa shape index (κ2) is 9.01. The zero-order valence-electron chi connectivity index (χ0n) is 15.9. The Balaban J connectivity index is 1.62. The van der Waals surface area contributed by atoms with Gasteiger partial charge in [0.05, 0.1) is 24.3 Å². The standard InChI is InChI=1S/C22H23N3O3/c1-16-12-13-18(28-16)14-25(2)15-21(26)24-20-11-7-6-10-19(20)22(27)23-17-8-4-3-5-9-17/h3-13H,14-15H2,1-2H3,(H,23,27)(H,24,26). The molecule has 2 aromatic carbocycles. The predicted octanol–water partition coefficient (Wildman–Crippen LogP) is 3.91. The lowest BCUT2D eigenvalue weighted by Crippen LogP contribution is -2.30. The summed E-state index contributed by atoms with van der Waals surface area (Å²) in [6, 6.07) is 19.9. The van der Waals surface area contributed by atoms with Crippen molar-refractivity contribution in [2.45, 2.75) is 13.5 Å². The first-order chi connectivity index (χ1) is 13.5. The van der Waals surface area contributed by atoms with Crippen LogP contribution in [0, 0.1) is 6.92 Å². The highest BCUT2D eigenvalue weighted by molar-refractivity contribution is 6.10. The van der Waals surface area contributed by atoms with Crippen LogP contribution in [-0.4, -0.2) is 30.3 Å². The predicted molar refractivity (Wildman–Crippen MR) is 109 cm³/mol. The Bertz CT molecular complexity index is 950. The van der Waals surface area contributed by atoms with E-state index in [-0.39, 0.29) is 18.4 Å². The van der Waals surface area contributed by atoms with E-state index < -0.39 is 0 Å². The van der Waals surface area contributed by atoms with Gasteiger partial charge in [0, 0.05) is 5.69 Å². The van der Waals surface area contributed by atoms with Crippen molar-refractivity contribution in [3.63, 3.8) is 0 Å².